The van der Waals surface area contributed by atoms with Crippen LogP contribution in [0.4, 0.5) is 5.00 Å². The molecule has 0 radical (unpaired) electrons. The number of rotatable bonds is 8. The van der Waals surface area contributed by atoms with E-state index in [1.807, 2.05) is 34.9 Å². The molecule has 1 aliphatic rings. The van der Waals surface area contributed by atoms with Crippen molar-refractivity contribution in [3.63, 3.8) is 0 Å². The van der Waals surface area contributed by atoms with Crippen molar-refractivity contribution < 1.29 is 14.3 Å². The first kappa shape index (κ1) is 23.5. The first-order chi connectivity index (χ1) is 17.1. The highest BCUT2D eigenvalue weighted by molar-refractivity contribution is 7.99. The van der Waals surface area contributed by atoms with Crippen LogP contribution in [0.15, 0.2) is 42.1 Å². The molecule has 0 aliphatic heterocycles. The SMILES string of the molecule is C=CCn1c2ccccc2c2nnc(SCC(=O)Nc3sc4c(c3C(=O)OCC)CCCC4)nc21. The van der Waals surface area contributed by atoms with E-state index in [0.717, 1.165) is 52.5 Å². The molecule has 1 aromatic carbocycles. The second kappa shape index (κ2) is 10.2. The monoisotopic (exact) mass is 507 g/mol. The molecule has 0 fully saturated rings. The number of aromatic nitrogens is 4. The Balaban J connectivity index is 1.35. The molecule has 0 bridgehead atoms. The normalized spacial score (nSPS) is 13.1. The number of aryl methyl sites for hydroxylation is 1. The van der Waals surface area contributed by atoms with Gasteiger partial charge in [-0.05, 0) is 44.2 Å². The Labute approximate surface area is 210 Å². The summed E-state index contributed by atoms with van der Waals surface area (Å²) in [4.78, 5) is 31.3. The van der Waals surface area contributed by atoms with Gasteiger partial charge in [-0.25, -0.2) is 9.78 Å². The lowest BCUT2D eigenvalue weighted by molar-refractivity contribution is -0.113. The summed E-state index contributed by atoms with van der Waals surface area (Å²) in [5.74, 6) is -0.503. The van der Waals surface area contributed by atoms with Crippen LogP contribution in [-0.2, 0) is 28.9 Å². The number of amides is 1. The number of thioether (sulfide) groups is 1. The zero-order chi connectivity index (χ0) is 24.4. The Hall–Kier alpha value is -3.24. The molecule has 4 aromatic rings. The van der Waals surface area contributed by atoms with Crippen LogP contribution < -0.4 is 5.32 Å². The van der Waals surface area contributed by atoms with Crippen molar-refractivity contribution >= 4 is 62.0 Å². The quantitative estimate of drug-likeness (QED) is 0.203. The average Bonchev–Trinajstić information content (AvgIpc) is 3.38. The Morgan fingerprint density at radius 1 is 1.26 bits per heavy atom. The molecule has 10 heteroatoms. The van der Waals surface area contributed by atoms with Crippen LogP contribution in [0.1, 0.15) is 40.6 Å². The van der Waals surface area contributed by atoms with E-state index in [-0.39, 0.29) is 17.6 Å². The number of benzene rings is 1. The van der Waals surface area contributed by atoms with Crippen molar-refractivity contribution in [2.24, 2.45) is 0 Å². The van der Waals surface area contributed by atoms with Crippen LogP contribution in [0, 0.1) is 0 Å². The van der Waals surface area contributed by atoms with E-state index in [9.17, 15) is 9.59 Å². The number of thiophene rings is 1. The summed E-state index contributed by atoms with van der Waals surface area (Å²) in [6.45, 7) is 6.52. The molecule has 35 heavy (non-hydrogen) atoms. The van der Waals surface area contributed by atoms with Crippen molar-refractivity contribution in [3.8, 4) is 0 Å². The molecule has 5 rings (SSSR count). The number of ether oxygens (including phenoxy) is 1. The Kier molecular flexibility index (Phi) is 6.83. The number of nitrogens with zero attached hydrogens (tertiary/aromatic N) is 4. The Bertz CT molecular complexity index is 1440. The molecule has 3 aromatic heterocycles. The third-order valence-corrected chi connectivity index (χ3v) is 7.95. The summed E-state index contributed by atoms with van der Waals surface area (Å²) < 4.78 is 7.31. The highest BCUT2D eigenvalue weighted by Crippen LogP contribution is 2.38. The van der Waals surface area contributed by atoms with E-state index in [2.05, 4.69) is 27.1 Å². The molecular formula is C25H25N5O3S2. The molecular weight excluding hydrogens is 482 g/mol. The van der Waals surface area contributed by atoms with E-state index in [0.29, 0.717) is 34.5 Å². The molecule has 0 saturated heterocycles. The van der Waals surface area contributed by atoms with Gasteiger partial charge < -0.3 is 14.6 Å². The standard InChI is InChI=1S/C25H25N5O3S2/c1-3-13-30-17-11-7-5-9-15(17)21-22(30)27-25(29-28-21)34-14-19(31)26-23-20(24(32)33-4-2)16-10-6-8-12-18(16)35-23/h3,5,7,9,11H,1,4,6,8,10,12-14H2,2H3,(H,26,31). The third-order valence-electron chi connectivity index (χ3n) is 5.90. The number of allylic oxidation sites excluding steroid dienone is 1. The number of hydrogen-bond donors (Lipinski definition) is 1. The van der Waals surface area contributed by atoms with Gasteiger partial charge in [-0.2, -0.15) is 0 Å². The van der Waals surface area contributed by atoms with Gasteiger partial charge in [-0.1, -0.05) is 36.0 Å². The van der Waals surface area contributed by atoms with Gasteiger partial charge in [0.15, 0.2) is 5.65 Å². The highest BCUT2D eigenvalue weighted by Gasteiger charge is 2.27. The van der Waals surface area contributed by atoms with Crippen molar-refractivity contribution in [1.82, 2.24) is 19.7 Å². The fraction of sp³-hybridized carbons (Fsp3) is 0.320. The van der Waals surface area contributed by atoms with Gasteiger partial charge in [0.05, 0.1) is 23.4 Å². The van der Waals surface area contributed by atoms with Crippen molar-refractivity contribution in [2.75, 3.05) is 17.7 Å². The first-order valence-corrected chi connectivity index (χ1v) is 13.4. The summed E-state index contributed by atoms with van der Waals surface area (Å²) in [6, 6.07) is 7.95. The largest absolute Gasteiger partial charge is 0.462 e. The summed E-state index contributed by atoms with van der Waals surface area (Å²) in [7, 11) is 0. The van der Waals surface area contributed by atoms with Gasteiger partial charge in [0, 0.05) is 16.8 Å². The second-order valence-corrected chi connectivity index (χ2v) is 10.2. The number of carbonyl (C=O) groups is 2. The molecule has 1 aliphatic carbocycles. The lowest BCUT2D eigenvalue weighted by Gasteiger charge is -2.12. The zero-order valence-electron chi connectivity index (χ0n) is 19.4. The number of hydrogen-bond acceptors (Lipinski definition) is 8. The van der Waals surface area contributed by atoms with Crippen LogP contribution in [-0.4, -0.2) is 44.0 Å². The molecule has 0 atom stereocenters. The van der Waals surface area contributed by atoms with E-state index < -0.39 is 0 Å². The number of fused-ring (bicyclic) bond motifs is 4. The third kappa shape index (κ3) is 4.55. The molecule has 8 nitrogen and oxygen atoms in total. The topological polar surface area (TPSA) is 99.0 Å². The molecule has 0 spiro atoms. The Morgan fingerprint density at radius 2 is 2.09 bits per heavy atom. The number of para-hydroxylation sites is 1. The summed E-state index contributed by atoms with van der Waals surface area (Å²) in [5, 5.41) is 13.5. The van der Waals surface area contributed by atoms with Gasteiger partial charge in [0.25, 0.3) is 0 Å². The Morgan fingerprint density at radius 3 is 2.91 bits per heavy atom. The van der Waals surface area contributed by atoms with Gasteiger partial charge in [-0.15, -0.1) is 28.1 Å². The van der Waals surface area contributed by atoms with E-state index in [4.69, 9.17) is 4.74 Å². The van der Waals surface area contributed by atoms with Crippen LogP contribution in [0.2, 0.25) is 0 Å². The lowest BCUT2D eigenvalue weighted by atomic mass is 9.95. The second-order valence-electron chi connectivity index (χ2n) is 8.16. The molecule has 0 saturated carbocycles. The molecule has 1 N–H and O–H groups in total. The number of anilines is 1. The van der Waals surface area contributed by atoms with Crippen LogP contribution in [0.5, 0.6) is 0 Å². The van der Waals surface area contributed by atoms with Gasteiger partial charge in [0.1, 0.15) is 10.5 Å². The van der Waals surface area contributed by atoms with Crippen molar-refractivity contribution in [1.29, 1.82) is 0 Å². The smallest absolute Gasteiger partial charge is 0.341 e. The van der Waals surface area contributed by atoms with Gasteiger partial charge in [0.2, 0.25) is 11.1 Å². The van der Waals surface area contributed by atoms with Crippen LogP contribution in [0.3, 0.4) is 0 Å². The molecule has 180 valence electrons. The zero-order valence-corrected chi connectivity index (χ0v) is 21.0. The highest BCUT2D eigenvalue weighted by atomic mass is 32.2. The summed E-state index contributed by atoms with van der Waals surface area (Å²) in [5.41, 5.74) is 3.98. The number of carbonyl (C=O) groups excluding carboxylic acids is 2. The molecule has 3 heterocycles. The van der Waals surface area contributed by atoms with Crippen molar-refractivity contribution in [2.45, 2.75) is 44.3 Å². The van der Waals surface area contributed by atoms with Crippen molar-refractivity contribution in [3.05, 3.63) is 52.9 Å². The maximum atomic E-state index is 12.8. The van der Waals surface area contributed by atoms with Gasteiger partial charge in [-0.3, -0.25) is 4.79 Å². The maximum absolute atomic E-state index is 12.8. The van der Waals surface area contributed by atoms with Crippen LogP contribution in [0.25, 0.3) is 22.1 Å². The molecule has 0 unspecified atom stereocenters. The average molecular weight is 508 g/mol. The van der Waals surface area contributed by atoms with Crippen LogP contribution >= 0.6 is 23.1 Å². The fourth-order valence-corrected chi connectivity index (χ4v) is 6.31. The van der Waals surface area contributed by atoms with Gasteiger partial charge >= 0.3 is 5.97 Å². The fourth-order valence-electron chi connectivity index (χ4n) is 4.43. The predicted octanol–water partition coefficient (Wildman–Crippen LogP) is 5.01. The summed E-state index contributed by atoms with van der Waals surface area (Å²) >= 11 is 2.69. The van der Waals surface area contributed by atoms with E-state index in [1.54, 1.807) is 6.92 Å². The minimum Gasteiger partial charge on any atom is -0.462 e. The minimum absolute atomic E-state index is 0.0969. The number of nitrogens with one attached hydrogen (secondary N) is 1. The van der Waals surface area contributed by atoms with E-state index >= 15 is 0 Å². The number of esters is 1. The lowest BCUT2D eigenvalue weighted by Crippen LogP contribution is -2.17. The maximum Gasteiger partial charge on any atom is 0.341 e. The molecule has 1 amide bonds. The predicted molar refractivity (Wildman–Crippen MR) is 139 cm³/mol. The summed E-state index contributed by atoms with van der Waals surface area (Å²) in [6.07, 6.45) is 5.71. The minimum atomic E-state index is -0.372. The van der Waals surface area contributed by atoms with E-state index in [1.165, 1.54) is 23.1 Å². The first-order valence-electron chi connectivity index (χ1n) is 11.6.